The van der Waals surface area contributed by atoms with E-state index >= 15 is 0 Å². The maximum absolute atomic E-state index is 13.5. The van der Waals surface area contributed by atoms with Crippen molar-refractivity contribution in [3.63, 3.8) is 0 Å². The lowest BCUT2D eigenvalue weighted by molar-refractivity contribution is 0.102. The van der Waals surface area contributed by atoms with E-state index in [4.69, 9.17) is 4.74 Å². The molecule has 0 saturated heterocycles. The SMILES string of the molecule is CC(C)n1cc(C(=O)Nc2ccc(Oc3ccnc4[nH]nc(N[C@H](C)CO)c34)cn2)c(=O)n(-c2ccc(F)cc2)c1=O. The average molecular weight is 575 g/mol. The highest BCUT2D eigenvalue weighted by molar-refractivity contribution is 6.03. The van der Waals surface area contributed by atoms with Crippen LogP contribution in [0.5, 0.6) is 11.5 Å². The maximum atomic E-state index is 13.5. The van der Waals surface area contributed by atoms with E-state index in [1.165, 1.54) is 35.2 Å². The fraction of sp³-hybridized carbons (Fsp3) is 0.214. The van der Waals surface area contributed by atoms with Crippen molar-refractivity contribution in [2.24, 2.45) is 0 Å². The Bertz CT molecular complexity index is 1860. The fourth-order valence-corrected chi connectivity index (χ4v) is 4.13. The minimum atomic E-state index is -0.859. The van der Waals surface area contributed by atoms with Gasteiger partial charge in [0, 0.05) is 30.5 Å². The first-order chi connectivity index (χ1) is 20.2. The molecule has 13 nitrogen and oxygen atoms in total. The summed E-state index contributed by atoms with van der Waals surface area (Å²) < 4.78 is 21.6. The average Bonchev–Trinajstić information content (AvgIpc) is 3.38. The summed E-state index contributed by atoms with van der Waals surface area (Å²) in [5.41, 5.74) is -1.22. The van der Waals surface area contributed by atoms with Gasteiger partial charge in [0.05, 0.1) is 18.5 Å². The highest BCUT2D eigenvalue weighted by Crippen LogP contribution is 2.33. The molecule has 4 aromatic heterocycles. The fourth-order valence-electron chi connectivity index (χ4n) is 4.13. The molecule has 0 aliphatic heterocycles. The zero-order chi connectivity index (χ0) is 30.0. The van der Waals surface area contributed by atoms with Crippen LogP contribution in [0, 0.1) is 5.82 Å². The molecule has 4 N–H and O–H groups in total. The molecule has 5 aromatic rings. The predicted octanol–water partition coefficient (Wildman–Crippen LogP) is 3.22. The number of fused-ring (bicyclic) bond motifs is 1. The number of H-pyrrole nitrogens is 1. The number of anilines is 2. The smallest absolute Gasteiger partial charge is 0.335 e. The highest BCUT2D eigenvalue weighted by atomic mass is 19.1. The number of rotatable bonds is 9. The van der Waals surface area contributed by atoms with E-state index in [-0.39, 0.29) is 35.8 Å². The molecule has 4 heterocycles. The summed E-state index contributed by atoms with van der Waals surface area (Å²) >= 11 is 0. The van der Waals surface area contributed by atoms with Crippen molar-refractivity contribution in [1.29, 1.82) is 0 Å². The molecule has 216 valence electrons. The second-order valence-corrected chi connectivity index (χ2v) is 9.71. The second-order valence-electron chi connectivity index (χ2n) is 9.71. The van der Waals surface area contributed by atoms with Gasteiger partial charge in [0.1, 0.15) is 34.1 Å². The summed E-state index contributed by atoms with van der Waals surface area (Å²) in [6.45, 7) is 5.16. The number of pyridine rings is 2. The van der Waals surface area contributed by atoms with Gasteiger partial charge in [0.2, 0.25) is 0 Å². The minimum absolute atomic E-state index is 0.0967. The summed E-state index contributed by atoms with van der Waals surface area (Å²) in [4.78, 5) is 48.0. The van der Waals surface area contributed by atoms with Crippen LogP contribution < -0.4 is 26.6 Å². The summed E-state index contributed by atoms with van der Waals surface area (Å²) in [6, 6.07) is 8.91. The van der Waals surface area contributed by atoms with E-state index in [1.54, 1.807) is 39.1 Å². The van der Waals surface area contributed by atoms with Gasteiger partial charge in [-0.15, -0.1) is 0 Å². The lowest BCUT2D eigenvalue weighted by atomic mass is 10.2. The van der Waals surface area contributed by atoms with Crippen molar-refractivity contribution in [2.45, 2.75) is 32.9 Å². The summed E-state index contributed by atoms with van der Waals surface area (Å²) in [5, 5.41) is 22.6. The minimum Gasteiger partial charge on any atom is -0.455 e. The van der Waals surface area contributed by atoms with Gasteiger partial charge in [-0.2, -0.15) is 5.10 Å². The third-order valence-electron chi connectivity index (χ3n) is 6.29. The number of benzene rings is 1. The molecule has 1 amide bonds. The number of nitrogens with zero attached hydrogens (tertiary/aromatic N) is 5. The first kappa shape index (κ1) is 28.2. The van der Waals surface area contributed by atoms with Crippen LogP contribution in [0.25, 0.3) is 16.7 Å². The van der Waals surface area contributed by atoms with Crippen LogP contribution in [0.2, 0.25) is 0 Å². The molecule has 42 heavy (non-hydrogen) atoms. The van der Waals surface area contributed by atoms with Crippen molar-refractivity contribution >= 4 is 28.6 Å². The number of aromatic amines is 1. The molecule has 14 heteroatoms. The Hall–Kier alpha value is -5.37. The van der Waals surface area contributed by atoms with Crippen molar-refractivity contribution in [3.8, 4) is 17.2 Å². The lowest BCUT2D eigenvalue weighted by Gasteiger charge is -2.15. The molecule has 0 aliphatic carbocycles. The summed E-state index contributed by atoms with van der Waals surface area (Å²) in [6.07, 6.45) is 4.13. The maximum Gasteiger partial charge on any atom is 0.335 e. The first-order valence-electron chi connectivity index (χ1n) is 13.0. The molecule has 0 saturated carbocycles. The quantitative estimate of drug-likeness (QED) is 0.206. The molecule has 0 radical (unpaired) electrons. The molecule has 1 aromatic carbocycles. The van der Waals surface area contributed by atoms with E-state index in [2.05, 4.69) is 30.8 Å². The number of amides is 1. The number of nitrogens with one attached hydrogen (secondary N) is 3. The summed E-state index contributed by atoms with van der Waals surface area (Å²) in [5.74, 6) is 0.0432. The number of halogens is 1. The number of hydrogen-bond acceptors (Lipinski definition) is 9. The van der Waals surface area contributed by atoms with Gasteiger partial charge >= 0.3 is 5.69 Å². The van der Waals surface area contributed by atoms with E-state index in [9.17, 15) is 23.9 Å². The molecule has 0 spiro atoms. The molecule has 1 atom stereocenters. The number of hydrogen-bond donors (Lipinski definition) is 4. The molecule has 0 unspecified atom stereocenters. The normalized spacial score (nSPS) is 12.0. The van der Waals surface area contributed by atoms with Crippen LogP contribution in [0.4, 0.5) is 16.0 Å². The predicted molar refractivity (Wildman–Crippen MR) is 153 cm³/mol. The van der Waals surface area contributed by atoms with Crippen LogP contribution in [0.1, 0.15) is 37.2 Å². The Kier molecular flexibility index (Phi) is 7.80. The monoisotopic (exact) mass is 574 g/mol. The molecule has 5 rings (SSSR count). The number of ether oxygens (including phenoxy) is 1. The Morgan fingerprint density at radius 2 is 1.86 bits per heavy atom. The van der Waals surface area contributed by atoms with Gasteiger partial charge in [-0.25, -0.2) is 23.7 Å². The zero-order valence-electron chi connectivity index (χ0n) is 22.8. The number of carbonyl (C=O) groups is 1. The van der Waals surface area contributed by atoms with Gasteiger partial charge in [-0.05, 0) is 57.2 Å². The second kappa shape index (κ2) is 11.6. The molecule has 0 bridgehead atoms. The highest BCUT2D eigenvalue weighted by Gasteiger charge is 2.21. The first-order valence-corrected chi connectivity index (χ1v) is 13.0. The van der Waals surface area contributed by atoms with Crippen LogP contribution in [-0.4, -0.2) is 53.0 Å². The third-order valence-corrected chi connectivity index (χ3v) is 6.29. The standard InChI is InChI=1S/C28H27FN8O5/c1-15(2)36-13-20(27(40)37(28(36)41)18-6-4-17(29)5-7-18)26(39)33-22-9-8-19(12-31-22)42-21-10-11-30-24-23(21)25(35-34-24)32-16(3)14-38/h4-13,15-16,38H,14H2,1-3H3,(H,31,33,39)(H2,30,32,34,35)/t16-/m1/s1. The lowest BCUT2D eigenvalue weighted by Crippen LogP contribution is -2.42. The largest absolute Gasteiger partial charge is 0.455 e. The van der Waals surface area contributed by atoms with Gasteiger partial charge in [-0.1, -0.05) is 0 Å². The van der Waals surface area contributed by atoms with Crippen LogP contribution >= 0.6 is 0 Å². The van der Waals surface area contributed by atoms with E-state index in [0.717, 1.165) is 16.7 Å². The van der Waals surface area contributed by atoms with Crippen LogP contribution in [-0.2, 0) is 0 Å². The topological polar surface area (TPSA) is 169 Å². The Labute approximate surface area is 237 Å². The number of aromatic nitrogens is 6. The van der Waals surface area contributed by atoms with E-state index in [0.29, 0.717) is 28.4 Å². The van der Waals surface area contributed by atoms with Gasteiger partial charge in [0.25, 0.3) is 11.5 Å². The zero-order valence-corrected chi connectivity index (χ0v) is 22.8. The molecule has 0 aliphatic rings. The Balaban J connectivity index is 1.40. The third kappa shape index (κ3) is 5.60. The van der Waals surface area contributed by atoms with Crippen molar-refractivity contribution in [3.05, 3.63) is 93.3 Å². The molecular formula is C28H27FN8O5. The van der Waals surface area contributed by atoms with E-state index in [1.807, 2.05) is 0 Å². The van der Waals surface area contributed by atoms with Crippen molar-refractivity contribution in [2.75, 3.05) is 17.2 Å². The number of carbonyl (C=O) groups excluding carboxylic acids is 1. The van der Waals surface area contributed by atoms with Gasteiger partial charge in [-0.3, -0.25) is 19.3 Å². The van der Waals surface area contributed by atoms with Crippen molar-refractivity contribution in [1.82, 2.24) is 29.3 Å². The number of aliphatic hydroxyl groups is 1. The Morgan fingerprint density at radius 1 is 1.10 bits per heavy atom. The van der Waals surface area contributed by atoms with Crippen LogP contribution in [0.15, 0.2) is 70.6 Å². The van der Waals surface area contributed by atoms with Crippen LogP contribution in [0.3, 0.4) is 0 Å². The van der Waals surface area contributed by atoms with Gasteiger partial charge in [0.15, 0.2) is 11.5 Å². The van der Waals surface area contributed by atoms with Gasteiger partial charge < -0.3 is 20.5 Å². The summed E-state index contributed by atoms with van der Waals surface area (Å²) in [7, 11) is 0. The molecule has 0 fully saturated rings. The number of aliphatic hydroxyl groups excluding tert-OH is 1. The Morgan fingerprint density at radius 3 is 2.52 bits per heavy atom. The van der Waals surface area contributed by atoms with E-state index < -0.39 is 23.0 Å². The molecular weight excluding hydrogens is 547 g/mol. The van der Waals surface area contributed by atoms with Crippen molar-refractivity contribution < 1.29 is 19.0 Å².